The van der Waals surface area contributed by atoms with Gasteiger partial charge in [0.25, 0.3) is 5.91 Å². The molecule has 0 aliphatic heterocycles. The summed E-state index contributed by atoms with van der Waals surface area (Å²) in [7, 11) is 3.10. The van der Waals surface area contributed by atoms with Gasteiger partial charge >= 0.3 is 0 Å². The molecular formula is C15H22N2O3S. The summed E-state index contributed by atoms with van der Waals surface area (Å²) < 4.78 is 10.4. The lowest BCUT2D eigenvalue weighted by molar-refractivity contribution is 0.0754. The van der Waals surface area contributed by atoms with Crippen LogP contribution in [-0.2, 0) is 0 Å². The summed E-state index contributed by atoms with van der Waals surface area (Å²) in [4.78, 5) is 14.7. The van der Waals surface area contributed by atoms with Crippen LogP contribution in [0.5, 0.6) is 11.5 Å². The minimum atomic E-state index is -0.0819. The fraction of sp³-hybridized carbons (Fsp3) is 0.467. The number of benzene rings is 1. The van der Waals surface area contributed by atoms with Gasteiger partial charge in [0.1, 0.15) is 0 Å². The van der Waals surface area contributed by atoms with E-state index in [1.807, 2.05) is 13.8 Å². The Balaban J connectivity index is 2.97. The molecule has 1 atom stereocenters. The molecule has 0 spiro atoms. The van der Waals surface area contributed by atoms with E-state index in [4.69, 9.17) is 27.4 Å². The molecule has 0 bridgehead atoms. The first kappa shape index (κ1) is 17.2. The topological polar surface area (TPSA) is 64.8 Å². The lowest BCUT2D eigenvalue weighted by atomic mass is 10.1. The minimum Gasteiger partial charge on any atom is -0.493 e. The Morgan fingerprint density at radius 3 is 2.43 bits per heavy atom. The zero-order valence-corrected chi connectivity index (χ0v) is 13.7. The van der Waals surface area contributed by atoms with Gasteiger partial charge in [-0.25, -0.2) is 0 Å². The summed E-state index contributed by atoms with van der Waals surface area (Å²) in [5.41, 5.74) is 6.16. The van der Waals surface area contributed by atoms with Crippen molar-refractivity contribution < 1.29 is 14.3 Å². The number of amides is 1. The van der Waals surface area contributed by atoms with E-state index in [1.54, 1.807) is 37.3 Å². The third kappa shape index (κ3) is 4.32. The molecule has 21 heavy (non-hydrogen) atoms. The van der Waals surface area contributed by atoms with Crippen molar-refractivity contribution in [3.8, 4) is 11.5 Å². The molecule has 1 rings (SSSR count). The summed E-state index contributed by atoms with van der Waals surface area (Å²) in [6, 6.07) is 5.12. The molecular weight excluding hydrogens is 288 g/mol. The van der Waals surface area contributed by atoms with Crippen LogP contribution >= 0.6 is 12.2 Å². The predicted molar refractivity (Wildman–Crippen MR) is 87.1 cm³/mol. The molecule has 0 fully saturated rings. The maximum Gasteiger partial charge on any atom is 0.254 e. The molecule has 1 unspecified atom stereocenters. The standard InChI is InChI=1S/C15H22N2O3S/c1-5-17(9-10(2)14(16)21)15(18)11-6-7-12(19-3)13(8-11)20-4/h6-8,10H,5,9H2,1-4H3,(H2,16,21). The van der Waals surface area contributed by atoms with Crippen molar-refractivity contribution in [1.82, 2.24) is 4.90 Å². The Labute approximate surface area is 131 Å². The molecule has 2 N–H and O–H groups in total. The summed E-state index contributed by atoms with van der Waals surface area (Å²) in [5, 5.41) is 0. The third-order valence-corrected chi connectivity index (χ3v) is 3.68. The molecule has 0 saturated carbocycles. The second-order valence-corrected chi connectivity index (χ2v) is 5.19. The highest BCUT2D eigenvalue weighted by molar-refractivity contribution is 7.80. The van der Waals surface area contributed by atoms with Crippen LogP contribution in [0.25, 0.3) is 0 Å². The van der Waals surface area contributed by atoms with Gasteiger partial charge in [0.2, 0.25) is 0 Å². The maximum atomic E-state index is 12.5. The predicted octanol–water partition coefficient (Wildman–Crippen LogP) is 2.09. The second kappa shape index (κ2) is 7.83. The van der Waals surface area contributed by atoms with Crippen molar-refractivity contribution in [3.63, 3.8) is 0 Å². The van der Waals surface area contributed by atoms with E-state index in [-0.39, 0.29) is 11.8 Å². The summed E-state index contributed by atoms with van der Waals surface area (Å²) in [6.07, 6.45) is 0. The highest BCUT2D eigenvalue weighted by Crippen LogP contribution is 2.28. The zero-order valence-electron chi connectivity index (χ0n) is 12.9. The average molecular weight is 310 g/mol. The Morgan fingerprint density at radius 1 is 1.33 bits per heavy atom. The van der Waals surface area contributed by atoms with E-state index in [9.17, 15) is 4.79 Å². The molecule has 1 amide bonds. The van der Waals surface area contributed by atoms with Gasteiger partial charge in [0.05, 0.1) is 19.2 Å². The number of nitrogens with zero attached hydrogens (tertiary/aromatic N) is 1. The van der Waals surface area contributed by atoms with E-state index < -0.39 is 0 Å². The van der Waals surface area contributed by atoms with Gasteiger partial charge in [-0.1, -0.05) is 19.1 Å². The Bertz CT molecular complexity index is 520. The van der Waals surface area contributed by atoms with Crippen molar-refractivity contribution in [1.29, 1.82) is 0 Å². The summed E-state index contributed by atoms with van der Waals surface area (Å²) in [6.45, 7) is 4.91. The fourth-order valence-corrected chi connectivity index (χ4v) is 2.00. The van der Waals surface area contributed by atoms with Crippen LogP contribution in [0.2, 0.25) is 0 Å². The number of carbonyl (C=O) groups excluding carboxylic acids is 1. The van der Waals surface area contributed by atoms with Gasteiger partial charge in [-0.15, -0.1) is 0 Å². The van der Waals surface area contributed by atoms with Gasteiger partial charge in [0.15, 0.2) is 11.5 Å². The molecule has 0 saturated heterocycles. The van der Waals surface area contributed by atoms with Crippen molar-refractivity contribution in [2.24, 2.45) is 11.7 Å². The molecule has 1 aromatic carbocycles. The van der Waals surface area contributed by atoms with Crippen molar-refractivity contribution >= 4 is 23.1 Å². The Kier molecular flexibility index (Phi) is 6.42. The number of thiocarbonyl (C=S) groups is 1. The van der Waals surface area contributed by atoms with Crippen LogP contribution in [0.3, 0.4) is 0 Å². The Hall–Kier alpha value is -1.82. The second-order valence-electron chi connectivity index (χ2n) is 4.72. The highest BCUT2D eigenvalue weighted by atomic mass is 32.1. The number of hydrogen-bond acceptors (Lipinski definition) is 4. The molecule has 0 aliphatic rings. The number of hydrogen-bond donors (Lipinski definition) is 1. The quantitative estimate of drug-likeness (QED) is 0.781. The largest absolute Gasteiger partial charge is 0.493 e. The van der Waals surface area contributed by atoms with E-state index in [0.29, 0.717) is 35.1 Å². The Morgan fingerprint density at radius 2 is 1.95 bits per heavy atom. The SMILES string of the molecule is CCN(CC(C)C(N)=S)C(=O)c1ccc(OC)c(OC)c1. The van der Waals surface area contributed by atoms with E-state index in [2.05, 4.69) is 0 Å². The minimum absolute atomic E-state index is 0.0240. The van der Waals surface area contributed by atoms with Crippen LogP contribution in [0, 0.1) is 5.92 Å². The number of rotatable bonds is 7. The molecule has 116 valence electrons. The van der Waals surface area contributed by atoms with Crippen LogP contribution in [0.15, 0.2) is 18.2 Å². The van der Waals surface area contributed by atoms with Crippen molar-refractivity contribution in [2.75, 3.05) is 27.3 Å². The first-order chi connectivity index (χ1) is 9.94. The molecule has 6 heteroatoms. The fourth-order valence-electron chi connectivity index (χ4n) is 1.93. The normalized spacial score (nSPS) is 11.6. The first-order valence-electron chi connectivity index (χ1n) is 6.75. The summed E-state index contributed by atoms with van der Waals surface area (Å²) >= 11 is 4.96. The van der Waals surface area contributed by atoms with E-state index >= 15 is 0 Å². The van der Waals surface area contributed by atoms with Crippen LogP contribution < -0.4 is 15.2 Å². The first-order valence-corrected chi connectivity index (χ1v) is 7.16. The monoisotopic (exact) mass is 310 g/mol. The number of carbonyl (C=O) groups is 1. The van der Waals surface area contributed by atoms with Gasteiger partial charge < -0.3 is 20.1 Å². The van der Waals surface area contributed by atoms with Crippen LogP contribution in [0.4, 0.5) is 0 Å². The highest BCUT2D eigenvalue weighted by Gasteiger charge is 2.19. The molecule has 1 aromatic rings. The van der Waals surface area contributed by atoms with Gasteiger partial charge in [-0.2, -0.15) is 0 Å². The van der Waals surface area contributed by atoms with Crippen LogP contribution in [0.1, 0.15) is 24.2 Å². The lowest BCUT2D eigenvalue weighted by Gasteiger charge is -2.24. The number of nitrogens with two attached hydrogens (primary N) is 1. The average Bonchev–Trinajstić information content (AvgIpc) is 2.50. The number of methoxy groups -OCH3 is 2. The molecule has 5 nitrogen and oxygen atoms in total. The van der Waals surface area contributed by atoms with Crippen LogP contribution in [-0.4, -0.2) is 43.1 Å². The van der Waals surface area contributed by atoms with Gasteiger partial charge in [-0.3, -0.25) is 4.79 Å². The number of ether oxygens (including phenoxy) is 2. The maximum absolute atomic E-state index is 12.5. The van der Waals surface area contributed by atoms with Gasteiger partial charge in [0, 0.05) is 24.6 Å². The van der Waals surface area contributed by atoms with Crippen molar-refractivity contribution in [2.45, 2.75) is 13.8 Å². The smallest absolute Gasteiger partial charge is 0.254 e. The third-order valence-electron chi connectivity index (χ3n) is 3.28. The molecule has 0 aliphatic carbocycles. The zero-order chi connectivity index (χ0) is 16.0. The summed E-state index contributed by atoms with van der Waals surface area (Å²) in [5.74, 6) is 1.01. The van der Waals surface area contributed by atoms with E-state index in [1.165, 1.54) is 0 Å². The van der Waals surface area contributed by atoms with Gasteiger partial charge in [-0.05, 0) is 25.1 Å². The van der Waals surface area contributed by atoms with Crippen molar-refractivity contribution in [3.05, 3.63) is 23.8 Å². The van der Waals surface area contributed by atoms with E-state index in [0.717, 1.165) is 0 Å². The lowest BCUT2D eigenvalue weighted by Crippen LogP contribution is -2.38. The molecule has 0 heterocycles. The molecule has 0 radical (unpaired) electrons. The molecule has 0 aromatic heterocycles.